The molecule has 1 saturated carbocycles. The van der Waals surface area contributed by atoms with Crippen molar-refractivity contribution < 1.29 is 9.90 Å². The van der Waals surface area contributed by atoms with Crippen molar-refractivity contribution >= 4 is 5.91 Å². The molecule has 1 heterocycles. The van der Waals surface area contributed by atoms with Crippen molar-refractivity contribution in [1.29, 1.82) is 0 Å². The zero-order valence-corrected chi connectivity index (χ0v) is 10.5. The van der Waals surface area contributed by atoms with Crippen LogP contribution in [0.25, 0.3) is 0 Å². The first kappa shape index (κ1) is 12.8. The van der Waals surface area contributed by atoms with Crippen molar-refractivity contribution in [2.75, 3.05) is 19.7 Å². The van der Waals surface area contributed by atoms with Crippen LogP contribution in [0.3, 0.4) is 0 Å². The van der Waals surface area contributed by atoms with Crippen LogP contribution in [-0.4, -0.2) is 47.7 Å². The van der Waals surface area contributed by atoms with E-state index in [0.29, 0.717) is 12.6 Å². The van der Waals surface area contributed by atoms with E-state index in [1.54, 1.807) is 0 Å². The lowest BCUT2D eigenvalue weighted by atomic mass is 10.0. The average Bonchev–Trinajstić information content (AvgIpc) is 3.08. The molecule has 0 bridgehead atoms. The Morgan fingerprint density at radius 2 is 1.94 bits per heavy atom. The molecule has 0 radical (unpaired) electrons. The standard InChI is InChI=1S/C13H24N2O2/c16-10-9-15(11-6-7-11)13(17)12-5-3-1-2-4-8-14-12/h11-12,14,16H,1-10H2. The third-order valence-electron chi connectivity index (χ3n) is 3.72. The highest BCUT2D eigenvalue weighted by atomic mass is 16.3. The van der Waals surface area contributed by atoms with Crippen LogP contribution in [-0.2, 0) is 4.79 Å². The van der Waals surface area contributed by atoms with Crippen molar-refractivity contribution in [3.63, 3.8) is 0 Å². The lowest BCUT2D eigenvalue weighted by Gasteiger charge is -2.28. The van der Waals surface area contributed by atoms with Crippen LogP contribution in [0.2, 0.25) is 0 Å². The molecule has 0 aromatic carbocycles. The largest absolute Gasteiger partial charge is 0.395 e. The number of amides is 1. The molecule has 1 atom stereocenters. The fourth-order valence-corrected chi connectivity index (χ4v) is 2.58. The maximum Gasteiger partial charge on any atom is 0.240 e. The number of aliphatic hydroxyl groups excluding tert-OH is 1. The van der Waals surface area contributed by atoms with Gasteiger partial charge >= 0.3 is 0 Å². The Labute approximate surface area is 103 Å². The van der Waals surface area contributed by atoms with Crippen LogP contribution in [0.1, 0.15) is 44.9 Å². The van der Waals surface area contributed by atoms with Gasteiger partial charge in [-0.05, 0) is 32.2 Å². The van der Waals surface area contributed by atoms with Gasteiger partial charge in [-0.3, -0.25) is 4.79 Å². The van der Waals surface area contributed by atoms with E-state index in [9.17, 15) is 4.79 Å². The molecule has 2 fully saturated rings. The van der Waals surface area contributed by atoms with Gasteiger partial charge in [-0.1, -0.05) is 19.3 Å². The minimum Gasteiger partial charge on any atom is -0.395 e. The third kappa shape index (κ3) is 3.68. The average molecular weight is 240 g/mol. The summed E-state index contributed by atoms with van der Waals surface area (Å²) in [4.78, 5) is 14.3. The predicted molar refractivity (Wildman–Crippen MR) is 66.7 cm³/mol. The van der Waals surface area contributed by atoms with E-state index >= 15 is 0 Å². The van der Waals surface area contributed by atoms with Gasteiger partial charge in [0, 0.05) is 12.6 Å². The first-order chi connectivity index (χ1) is 8.33. The quantitative estimate of drug-likeness (QED) is 0.767. The Balaban J connectivity index is 1.90. The molecule has 1 amide bonds. The van der Waals surface area contributed by atoms with E-state index in [0.717, 1.165) is 32.2 Å². The Bertz CT molecular complexity index is 246. The van der Waals surface area contributed by atoms with Gasteiger partial charge in [0.1, 0.15) is 0 Å². The molecule has 17 heavy (non-hydrogen) atoms. The van der Waals surface area contributed by atoms with Gasteiger partial charge in [-0.2, -0.15) is 0 Å². The van der Waals surface area contributed by atoms with Crippen molar-refractivity contribution in [2.45, 2.75) is 57.0 Å². The molecule has 2 aliphatic rings. The molecular formula is C13H24N2O2. The highest BCUT2D eigenvalue weighted by molar-refractivity contribution is 5.82. The van der Waals surface area contributed by atoms with E-state index in [2.05, 4.69) is 5.32 Å². The van der Waals surface area contributed by atoms with Crippen LogP contribution in [0.15, 0.2) is 0 Å². The van der Waals surface area contributed by atoms with Gasteiger partial charge in [-0.25, -0.2) is 0 Å². The smallest absolute Gasteiger partial charge is 0.240 e. The number of nitrogens with one attached hydrogen (secondary N) is 1. The van der Waals surface area contributed by atoms with E-state index in [-0.39, 0.29) is 18.6 Å². The molecular weight excluding hydrogens is 216 g/mol. The second-order valence-electron chi connectivity index (χ2n) is 5.20. The zero-order valence-electron chi connectivity index (χ0n) is 10.5. The topological polar surface area (TPSA) is 52.6 Å². The molecule has 4 heteroatoms. The summed E-state index contributed by atoms with van der Waals surface area (Å²) < 4.78 is 0. The van der Waals surface area contributed by atoms with E-state index in [4.69, 9.17) is 5.11 Å². The monoisotopic (exact) mass is 240 g/mol. The Morgan fingerprint density at radius 3 is 2.65 bits per heavy atom. The third-order valence-corrected chi connectivity index (χ3v) is 3.72. The summed E-state index contributed by atoms with van der Waals surface area (Å²) in [6, 6.07) is 0.393. The van der Waals surface area contributed by atoms with Crippen LogP contribution < -0.4 is 5.32 Å². The SMILES string of the molecule is O=C(C1CCCCCCN1)N(CCO)C1CC1. The molecule has 1 aliphatic heterocycles. The summed E-state index contributed by atoms with van der Waals surface area (Å²) in [5, 5.41) is 12.4. The molecule has 1 saturated heterocycles. The van der Waals surface area contributed by atoms with Crippen molar-refractivity contribution in [1.82, 2.24) is 10.2 Å². The normalized spacial score (nSPS) is 26.1. The Kier molecular flexibility index (Phi) is 4.80. The van der Waals surface area contributed by atoms with Crippen LogP contribution >= 0.6 is 0 Å². The molecule has 0 aromatic rings. The second-order valence-corrected chi connectivity index (χ2v) is 5.20. The summed E-state index contributed by atoms with van der Waals surface area (Å²) >= 11 is 0. The minimum absolute atomic E-state index is 0.0116. The van der Waals surface area contributed by atoms with Crippen molar-refractivity contribution in [2.24, 2.45) is 0 Å². The number of hydrogen-bond acceptors (Lipinski definition) is 3. The number of rotatable bonds is 4. The maximum absolute atomic E-state index is 12.4. The van der Waals surface area contributed by atoms with E-state index < -0.39 is 0 Å². The van der Waals surface area contributed by atoms with Gasteiger partial charge < -0.3 is 15.3 Å². The fourth-order valence-electron chi connectivity index (χ4n) is 2.58. The molecule has 0 aromatic heterocycles. The van der Waals surface area contributed by atoms with E-state index in [1.165, 1.54) is 19.3 Å². The Hall–Kier alpha value is -0.610. The molecule has 2 N–H and O–H groups in total. The van der Waals surface area contributed by atoms with Crippen molar-refractivity contribution in [3.05, 3.63) is 0 Å². The van der Waals surface area contributed by atoms with Crippen LogP contribution in [0.4, 0.5) is 0 Å². The molecule has 4 nitrogen and oxygen atoms in total. The minimum atomic E-state index is -0.0116. The van der Waals surface area contributed by atoms with Gasteiger partial charge in [0.2, 0.25) is 5.91 Å². The van der Waals surface area contributed by atoms with Crippen LogP contribution in [0, 0.1) is 0 Å². The number of aliphatic hydroxyl groups is 1. The lowest BCUT2D eigenvalue weighted by Crippen LogP contribution is -2.49. The van der Waals surface area contributed by atoms with Crippen LogP contribution in [0.5, 0.6) is 0 Å². The van der Waals surface area contributed by atoms with Gasteiger partial charge in [-0.15, -0.1) is 0 Å². The second kappa shape index (κ2) is 6.36. The van der Waals surface area contributed by atoms with Gasteiger partial charge in [0.15, 0.2) is 0 Å². The first-order valence-electron chi connectivity index (χ1n) is 6.97. The maximum atomic E-state index is 12.4. The number of nitrogens with zero attached hydrogens (tertiary/aromatic N) is 1. The molecule has 1 aliphatic carbocycles. The molecule has 0 spiro atoms. The highest BCUT2D eigenvalue weighted by Crippen LogP contribution is 2.27. The van der Waals surface area contributed by atoms with Crippen molar-refractivity contribution in [3.8, 4) is 0 Å². The zero-order chi connectivity index (χ0) is 12.1. The predicted octanol–water partition coefficient (Wildman–Crippen LogP) is 0.892. The summed E-state index contributed by atoms with van der Waals surface area (Å²) in [6.45, 7) is 1.53. The van der Waals surface area contributed by atoms with E-state index in [1.807, 2.05) is 4.90 Å². The lowest BCUT2D eigenvalue weighted by molar-refractivity contribution is -0.134. The summed E-state index contributed by atoms with van der Waals surface area (Å²) in [6.07, 6.45) is 8.00. The summed E-state index contributed by atoms with van der Waals surface area (Å²) in [5.41, 5.74) is 0. The summed E-state index contributed by atoms with van der Waals surface area (Å²) in [5.74, 6) is 0.212. The summed E-state index contributed by atoms with van der Waals surface area (Å²) in [7, 11) is 0. The number of hydrogen-bond donors (Lipinski definition) is 2. The van der Waals surface area contributed by atoms with Gasteiger partial charge in [0.05, 0.1) is 12.6 Å². The van der Waals surface area contributed by atoms with Gasteiger partial charge in [0.25, 0.3) is 0 Å². The molecule has 98 valence electrons. The number of carbonyl (C=O) groups excluding carboxylic acids is 1. The Morgan fingerprint density at radius 1 is 1.18 bits per heavy atom. The highest BCUT2D eigenvalue weighted by Gasteiger charge is 2.35. The number of carbonyl (C=O) groups is 1. The molecule has 1 unspecified atom stereocenters. The first-order valence-corrected chi connectivity index (χ1v) is 6.97. The molecule has 2 rings (SSSR count). The fraction of sp³-hybridized carbons (Fsp3) is 0.923.